The molecule has 0 aliphatic heterocycles. The van der Waals surface area contributed by atoms with Gasteiger partial charge >= 0.3 is 0 Å². The molecule has 0 saturated heterocycles. The minimum Gasteiger partial charge on any atom is -0.325 e. The lowest BCUT2D eigenvalue weighted by atomic mass is 10.0. The number of nitrogens with zero attached hydrogens (tertiary/aromatic N) is 3. The number of anilines is 1. The van der Waals surface area contributed by atoms with Crippen LogP contribution in [0.3, 0.4) is 0 Å². The van der Waals surface area contributed by atoms with E-state index < -0.39 is 0 Å². The molecular weight excluding hydrogens is 392 g/mol. The molecule has 4 rings (SSSR count). The van der Waals surface area contributed by atoms with Gasteiger partial charge < -0.3 is 9.88 Å². The SMILES string of the molecule is CC(C)c1ccc(NC(=O)[C@@H](C)Sc2nnc(C3CC3)n2Cc2ccccc2)cc1. The van der Waals surface area contributed by atoms with Crippen LogP contribution >= 0.6 is 11.8 Å². The average molecular weight is 421 g/mol. The van der Waals surface area contributed by atoms with Gasteiger partial charge in [0.1, 0.15) is 5.82 Å². The summed E-state index contributed by atoms with van der Waals surface area (Å²) in [5.41, 5.74) is 3.29. The van der Waals surface area contributed by atoms with E-state index >= 15 is 0 Å². The van der Waals surface area contributed by atoms with Gasteiger partial charge in [-0.1, -0.05) is 68.1 Å². The highest BCUT2D eigenvalue weighted by Gasteiger charge is 2.31. The van der Waals surface area contributed by atoms with Crippen LogP contribution in [-0.2, 0) is 11.3 Å². The quantitative estimate of drug-likeness (QED) is 0.493. The molecule has 1 aliphatic rings. The Morgan fingerprint density at radius 1 is 1.07 bits per heavy atom. The van der Waals surface area contributed by atoms with E-state index in [0.717, 1.165) is 23.2 Å². The summed E-state index contributed by atoms with van der Waals surface area (Å²) < 4.78 is 2.18. The van der Waals surface area contributed by atoms with Gasteiger partial charge in [0.05, 0.1) is 11.8 Å². The summed E-state index contributed by atoms with van der Waals surface area (Å²) >= 11 is 1.47. The Hall–Kier alpha value is -2.60. The number of amides is 1. The van der Waals surface area contributed by atoms with Crippen LogP contribution in [0.4, 0.5) is 5.69 Å². The van der Waals surface area contributed by atoms with Gasteiger partial charge in [-0.25, -0.2) is 0 Å². The van der Waals surface area contributed by atoms with E-state index in [1.807, 2.05) is 37.3 Å². The predicted molar refractivity (Wildman–Crippen MR) is 122 cm³/mol. The number of rotatable bonds is 8. The summed E-state index contributed by atoms with van der Waals surface area (Å²) in [4.78, 5) is 12.8. The second kappa shape index (κ2) is 9.04. The Kier molecular flexibility index (Phi) is 6.23. The number of carbonyl (C=O) groups excluding carboxylic acids is 1. The lowest BCUT2D eigenvalue weighted by molar-refractivity contribution is -0.115. The van der Waals surface area contributed by atoms with Gasteiger partial charge in [-0.3, -0.25) is 4.79 Å². The van der Waals surface area contributed by atoms with Gasteiger partial charge in [0.15, 0.2) is 5.16 Å². The minimum atomic E-state index is -0.277. The van der Waals surface area contributed by atoms with Gasteiger partial charge in [-0.2, -0.15) is 0 Å². The van der Waals surface area contributed by atoms with Crippen LogP contribution in [0.15, 0.2) is 59.8 Å². The Balaban J connectivity index is 1.45. The van der Waals surface area contributed by atoms with Crippen molar-refractivity contribution < 1.29 is 4.79 Å². The number of hydrogen-bond acceptors (Lipinski definition) is 4. The first-order valence-corrected chi connectivity index (χ1v) is 11.4. The summed E-state index contributed by atoms with van der Waals surface area (Å²) in [6.07, 6.45) is 2.33. The fourth-order valence-corrected chi connectivity index (χ4v) is 4.21. The van der Waals surface area contributed by atoms with Crippen molar-refractivity contribution in [3.8, 4) is 0 Å². The van der Waals surface area contributed by atoms with Gasteiger partial charge in [0.2, 0.25) is 5.91 Å². The Morgan fingerprint density at radius 2 is 1.77 bits per heavy atom. The molecule has 1 fully saturated rings. The zero-order chi connectivity index (χ0) is 21.1. The van der Waals surface area contributed by atoms with Crippen LogP contribution in [0, 0.1) is 0 Å². The summed E-state index contributed by atoms with van der Waals surface area (Å²) in [6.45, 7) is 6.97. The van der Waals surface area contributed by atoms with Gasteiger partial charge in [0, 0.05) is 11.6 Å². The lowest BCUT2D eigenvalue weighted by Crippen LogP contribution is -2.23. The molecule has 0 bridgehead atoms. The van der Waals surface area contributed by atoms with Gasteiger partial charge in [0.25, 0.3) is 0 Å². The molecule has 6 heteroatoms. The molecule has 1 heterocycles. The Morgan fingerprint density at radius 3 is 2.40 bits per heavy atom. The maximum absolute atomic E-state index is 12.8. The van der Waals surface area contributed by atoms with E-state index in [1.54, 1.807) is 0 Å². The van der Waals surface area contributed by atoms with Crippen molar-refractivity contribution in [2.24, 2.45) is 0 Å². The van der Waals surface area contributed by atoms with Gasteiger partial charge in [-0.05, 0) is 48.9 Å². The van der Waals surface area contributed by atoms with Crippen molar-refractivity contribution in [2.45, 2.75) is 62.4 Å². The van der Waals surface area contributed by atoms with E-state index in [0.29, 0.717) is 11.8 Å². The summed E-state index contributed by atoms with van der Waals surface area (Å²) in [7, 11) is 0. The fraction of sp³-hybridized carbons (Fsp3) is 0.375. The zero-order valence-corrected chi connectivity index (χ0v) is 18.5. The maximum Gasteiger partial charge on any atom is 0.237 e. The van der Waals surface area contributed by atoms with Crippen molar-refractivity contribution in [3.05, 3.63) is 71.5 Å². The summed E-state index contributed by atoms with van der Waals surface area (Å²) in [5, 5.41) is 12.4. The molecule has 30 heavy (non-hydrogen) atoms. The third-order valence-corrected chi connectivity index (χ3v) is 6.45. The minimum absolute atomic E-state index is 0.0282. The van der Waals surface area contributed by atoms with Crippen LogP contribution in [0.2, 0.25) is 0 Å². The normalized spacial score (nSPS) is 14.7. The lowest BCUT2D eigenvalue weighted by Gasteiger charge is -2.14. The molecule has 1 aromatic heterocycles. The molecule has 0 unspecified atom stereocenters. The molecule has 1 atom stereocenters. The monoisotopic (exact) mass is 420 g/mol. The number of aromatic nitrogens is 3. The van der Waals surface area contributed by atoms with Crippen molar-refractivity contribution in [2.75, 3.05) is 5.32 Å². The number of carbonyl (C=O) groups is 1. The van der Waals surface area contributed by atoms with Crippen LogP contribution in [0.1, 0.15) is 62.4 Å². The van der Waals surface area contributed by atoms with Crippen molar-refractivity contribution >= 4 is 23.4 Å². The molecule has 3 aromatic rings. The first kappa shape index (κ1) is 20.7. The molecule has 5 nitrogen and oxygen atoms in total. The fourth-order valence-electron chi connectivity index (χ4n) is 3.35. The first-order chi connectivity index (χ1) is 14.5. The van der Waals surface area contributed by atoms with Crippen LogP contribution in [-0.4, -0.2) is 25.9 Å². The molecule has 0 spiro atoms. The van der Waals surface area contributed by atoms with E-state index in [-0.39, 0.29) is 11.2 Å². The van der Waals surface area contributed by atoms with Crippen LogP contribution in [0.5, 0.6) is 0 Å². The highest BCUT2D eigenvalue weighted by atomic mass is 32.2. The molecule has 1 N–H and O–H groups in total. The number of thioether (sulfide) groups is 1. The highest BCUT2D eigenvalue weighted by molar-refractivity contribution is 8.00. The number of nitrogens with one attached hydrogen (secondary N) is 1. The molecular formula is C24H28N4OS. The van der Waals surface area contributed by atoms with E-state index in [9.17, 15) is 4.79 Å². The van der Waals surface area contributed by atoms with Gasteiger partial charge in [-0.15, -0.1) is 10.2 Å². The number of hydrogen-bond donors (Lipinski definition) is 1. The van der Waals surface area contributed by atoms with Crippen LogP contribution in [0.25, 0.3) is 0 Å². The second-order valence-electron chi connectivity index (χ2n) is 8.21. The van der Waals surface area contributed by atoms with Crippen LogP contribution < -0.4 is 5.32 Å². The topological polar surface area (TPSA) is 59.8 Å². The molecule has 1 saturated carbocycles. The maximum atomic E-state index is 12.8. The smallest absolute Gasteiger partial charge is 0.237 e. The number of benzene rings is 2. The predicted octanol–water partition coefficient (Wildman–Crippen LogP) is 5.45. The largest absolute Gasteiger partial charge is 0.325 e. The summed E-state index contributed by atoms with van der Waals surface area (Å²) in [6, 6.07) is 18.4. The molecule has 1 amide bonds. The third-order valence-electron chi connectivity index (χ3n) is 5.37. The Bertz CT molecular complexity index is 994. The van der Waals surface area contributed by atoms with E-state index in [2.05, 4.69) is 58.2 Å². The summed E-state index contributed by atoms with van der Waals surface area (Å²) in [5.74, 6) is 1.98. The second-order valence-corrected chi connectivity index (χ2v) is 9.52. The standard InChI is InChI=1S/C24H28N4OS/c1-16(2)19-11-13-21(14-12-19)25-23(29)17(3)30-24-27-26-22(20-9-10-20)28(24)15-18-7-5-4-6-8-18/h4-8,11-14,16-17,20H,9-10,15H2,1-3H3,(H,25,29)/t17-/m1/s1. The third kappa shape index (κ3) is 4.93. The average Bonchev–Trinajstić information content (AvgIpc) is 3.52. The molecule has 0 radical (unpaired) electrons. The van der Waals surface area contributed by atoms with Crippen molar-refractivity contribution in [3.63, 3.8) is 0 Å². The van der Waals surface area contributed by atoms with E-state index in [4.69, 9.17) is 0 Å². The zero-order valence-electron chi connectivity index (χ0n) is 17.7. The van der Waals surface area contributed by atoms with E-state index in [1.165, 1.54) is 35.7 Å². The molecule has 2 aromatic carbocycles. The highest BCUT2D eigenvalue weighted by Crippen LogP contribution is 2.40. The first-order valence-electron chi connectivity index (χ1n) is 10.6. The van der Waals surface area contributed by atoms with Crippen molar-refractivity contribution in [1.82, 2.24) is 14.8 Å². The Labute approximate surface area is 182 Å². The molecule has 156 valence electrons. The molecule has 1 aliphatic carbocycles. The van der Waals surface area contributed by atoms with Crippen molar-refractivity contribution in [1.29, 1.82) is 0 Å².